The van der Waals surface area contributed by atoms with Crippen LogP contribution in [0.25, 0.3) is 5.69 Å². The van der Waals surface area contributed by atoms with E-state index < -0.39 is 30.2 Å². The molecule has 0 radical (unpaired) electrons. The summed E-state index contributed by atoms with van der Waals surface area (Å²) >= 11 is 5.67. The van der Waals surface area contributed by atoms with Gasteiger partial charge in [-0.25, -0.2) is 14.5 Å². The highest BCUT2D eigenvalue weighted by Crippen LogP contribution is 2.33. The van der Waals surface area contributed by atoms with Gasteiger partial charge in [0.05, 0.1) is 22.0 Å². The number of hydrogen-bond donors (Lipinski definition) is 2. The van der Waals surface area contributed by atoms with Gasteiger partial charge in [0, 0.05) is 6.20 Å². The Bertz CT molecular complexity index is 1000. The highest BCUT2D eigenvalue weighted by Gasteiger charge is 2.31. The normalized spacial score (nSPS) is 11.3. The number of ether oxygens (including phenoxy) is 1. The molecular weight excluding hydrogens is 403 g/mol. The van der Waals surface area contributed by atoms with E-state index in [-0.39, 0.29) is 22.1 Å². The lowest BCUT2D eigenvalue weighted by atomic mass is 10.1. The number of nitrogens with one attached hydrogen (secondary N) is 2. The van der Waals surface area contributed by atoms with Crippen LogP contribution in [-0.4, -0.2) is 38.2 Å². The van der Waals surface area contributed by atoms with Crippen molar-refractivity contribution >= 4 is 29.2 Å². The Morgan fingerprint density at radius 2 is 2.07 bits per heavy atom. The molecule has 0 spiro atoms. The number of rotatable bonds is 5. The molecular formula is C16H11ClF3N5O3. The number of benzene rings is 1. The van der Waals surface area contributed by atoms with Crippen LogP contribution in [0.3, 0.4) is 0 Å². The Balaban J connectivity index is 1.76. The van der Waals surface area contributed by atoms with Crippen molar-refractivity contribution in [3.8, 4) is 5.69 Å². The zero-order valence-electron chi connectivity index (χ0n) is 13.8. The van der Waals surface area contributed by atoms with Crippen LogP contribution in [0.1, 0.15) is 16.1 Å². The molecule has 2 aromatic heterocycles. The zero-order valence-corrected chi connectivity index (χ0v) is 14.6. The third kappa shape index (κ3) is 4.49. The summed E-state index contributed by atoms with van der Waals surface area (Å²) in [6.45, 7) is -0.720. The average molecular weight is 414 g/mol. The quantitative estimate of drug-likeness (QED) is 0.626. The van der Waals surface area contributed by atoms with Crippen LogP contribution < -0.4 is 5.32 Å². The van der Waals surface area contributed by atoms with Gasteiger partial charge in [0.25, 0.3) is 5.91 Å². The smallest absolute Gasteiger partial charge is 0.416 e. The van der Waals surface area contributed by atoms with Crippen molar-refractivity contribution in [2.45, 2.75) is 6.18 Å². The van der Waals surface area contributed by atoms with Crippen molar-refractivity contribution in [3.05, 3.63) is 59.4 Å². The maximum absolute atomic E-state index is 13.0. The number of carbonyl (C=O) groups is 2. The summed E-state index contributed by atoms with van der Waals surface area (Å²) < 4.78 is 45.0. The van der Waals surface area contributed by atoms with E-state index in [1.807, 2.05) is 0 Å². The first kappa shape index (κ1) is 19.4. The summed E-state index contributed by atoms with van der Waals surface area (Å²) in [4.78, 5) is 30.1. The van der Waals surface area contributed by atoms with Crippen LogP contribution in [-0.2, 0) is 15.7 Å². The Kier molecular flexibility index (Phi) is 5.36. The van der Waals surface area contributed by atoms with E-state index in [9.17, 15) is 22.8 Å². The van der Waals surface area contributed by atoms with Crippen LogP contribution in [0, 0.1) is 0 Å². The van der Waals surface area contributed by atoms with Crippen molar-refractivity contribution in [3.63, 3.8) is 0 Å². The number of nitrogens with zero attached hydrogens (tertiary/aromatic N) is 3. The van der Waals surface area contributed by atoms with E-state index >= 15 is 0 Å². The van der Waals surface area contributed by atoms with Gasteiger partial charge in [0.15, 0.2) is 6.61 Å². The fourth-order valence-electron chi connectivity index (χ4n) is 2.23. The third-order valence-electron chi connectivity index (χ3n) is 3.47. The van der Waals surface area contributed by atoms with Crippen LogP contribution in [0.15, 0.2) is 43.1 Å². The summed E-state index contributed by atoms with van der Waals surface area (Å²) in [6, 6.07) is 4.04. The van der Waals surface area contributed by atoms with Crippen molar-refractivity contribution in [2.24, 2.45) is 0 Å². The number of H-pyrrole nitrogens is 1. The molecule has 0 fully saturated rings. The summed E-state index contributed by atoms with van der Waals surface area (Å²) in [6.07, 6.45) is -0.815. The van der Waals surface area contributed by atoms with Gasteiger partial charge < -0.3 is 15.0 Å². The molecule has 12 heteroatoms. The number of halogens is 4. The SMILES string of the molecule is O=C(COC(=O)c1cc(Cl)c[nH]1)Nc1cc(C(F)(F)F)ccc1-n1cncn1. The standard InChI is InChI=1S/C16H11ClF3N5O3/c17-10-4-12(22-5-10)15(27)28-6-14(26)24-11-3-9(16(18,19)20)1-2-13(11)25-8-21-7-23-25/h1-5,7-8,22H,6H2,(H,24,26). The molecule has 2 N–H and O–H groups in total. The Morgan fingerprint density at radius 1 is 1.29 bits per heavy atom. The van der Waals surface area contributed by atoms with Gasteiger partial charge in [-0.1, -0.05) is 11.6 Å². The number of anilines is 1. The molecule has 1 aromatic carbocycles. The number of carbonyl (C=O) groups excluding carboxylic acids is 2. The predicted molar refractivity (Wildman–Crippen MR) is 91.1 cm³/mol. The summed E-state index contributed by atoms with van der Waals surface area (Å²) in [7, 11) is 0. The molecule has 0 unspecified atom stereocenters. The zero-order chi connectivity index (χ0) is 20.3. The largest absolute Gasteiger partial charge is 0.451 e. The molecule has 0 saturated carbocycles. The Labute approximate surface area is 160 Å². The molecule has 1 amide bonds. The van der Waals surface area contributed by atoms with Crippen LogP contribution >= 0.6 is 11.6 Å². The minimum Gasteiger partial charge on any atom is -0.451 e. The number of aromatic amines is 1. The van der Waals surface area contributed by atoms with E-state index in [0.717, 1.165) is 18.2 Å². The van der Waals surface area contributed by atoms with Crippen molar-refractivity contribution in [2.75, 3.05) is 11.9 Å². The number of aromatic nitrogens is 4. The average Bonchev–Trinajstić information content (AvgIpc) is 3.30. The number of esters is 1. The van der Waals surface area contributed by atoms with Crippen molar-refractivity contribution in [1.82, 2.24) is 19.7 Å². The predicted octanol–water partition coefficient (Wildman–Crippen LogP) is 3.06. The second-order valence-electron chi connectivity index (χ2n) is 5.43. The molecule has 28 heavy (non-hydrogen) atoms. The first-order valence-electron chi connectivity index (χ1n) is 7.61. The maximum Gasteiger partial charge on any atom is 0.416 e. The second kappa shape index (κ2) is 7.72. The van der Waals surface area contributed by atoms with E-state index in [2.05, 4.69) is 20.4 Å². The van der Waals surface area contributed by atoms with Gasteiger partial charge in [-0.15, -0.1) is 0 Å². The number of amides is 1. The lowest BCUT2D eigenvalue weighted by Crippen LogP contribution is -2.22. The first-order valence-corrected chi connectivity index (χ1v) is 7.99. The van der Waals surface area contributed by atoms with E-state index in [1.165, 1.54) is 29.6 Å². The molecule has 2 heterocycles. The van der Waals surface area contributed by atoms with Gasteiger partial charge in [-0.3, -0.25) is 4.79 Å². The monoisotopic (exact) mass is 413 g/mol. The van der Waals surface area contributed by atoms with E-state index in [1.54, 1.807) is 0 Å². The van der Waals surface area contributed by atoms with E-state index in [4.69, 9.17) is 16.3 Å². The lowest BCUT2D eigenvalue weighted by Gasteiger charge is -2.14. The Morgan fingerprint density at radius 3 is 2.68 bits per heavy atom. The van der Waals surface area contributed by atoms with E-state index in [0.29, 0.717) is 0 Å². The maximum atomic E-state index is 13.0. The van der Waals surface area contributed by atoms with Gasteiger partial charge >= 0.3 is 12.1 Å². The highest BCUT2D eigenvalue weighted by molar-refractivity contribution is 6.30. The second-order valence-corrected chi connectivity index (χ2v) is 5.86. The van der Waals surface area contributed by atoms with Crippen molar-refractivity contribution in [1.29, 1.82) is 0 Å². The van der Waals surface area contributed by atoms with Crippen molar-refractivity contribution < 1.29 is 27.5 Å². The first-order chi connectivity index (χ1) is 13.2. The van der Waals surface area contributed by atoms with Gasteiger partial charge in [0.2, 0.25) is 0 Å². The fraction of sp³-hybridized carbons (Fsp3) is 0.125. The molecule has 0 saturated heterocycles. The molecule has 0 aliphatic carbocycles. The van der Waals surface area contributed by atoms with Crippen LogP contribution in [0.5, 0.6) is 0 Å². The molecule has 146 valence electrons. The fourth-order valence-corrected chi connectivity index (χ4v) is 2.39. The van der Waals surface area contributed by atoms with Gasteiger partial charge in [-0.05, 0) is 24.3 Å². The molecule has 8 nitrogen and oxygen atoms in total. The molecule has 0 aliphatic heterocycles. The highest BCUT2D eigenvalue weighted by atomic mass is 35.5. The summed E-state index contributed by atoms with van der Waals surface area (Å²) in [5.41, 5.74) is -0.963. The van der Waals surface area contributed by atoms with Crippen LogP contribution in [0.4, 0.5) is 18.9 Å². The number of hydrogen-bond acceptors (Lipinski definition) is 5. The summed E-state index contributed by atoms with van der Waals surface area (Å²) in [5, 5.41) is 6.39. The van der Waals surface area contributed by atoms with Gasteiger partial charge in [0.1, 0.15) is 18.3 Å². The molecule has 0 aliphatic rings. The molecule has 0 atom stereocenters. The van der Waals surface area contributed by atoms with Crippen LogP contribution in [0.2, 0.25) is 5.02 Å². The Hall–Kier alpha value is -3.34. The minimum absolute atomic E-state index is 0.0279. The minimum atomic E-state index is -4.61. The third-order valence-corrected chi connectivity index (χ3v) is 3.68. The number of alkyl halides is 3. The lowest BCUT2D eigenvalue weighted by molar-refractivity contribution is -0.137. The van der Waals surface area contributed by atoms with Gasteiger partial charge in [-0.2, -0.15) is 18.3 Å². The molecule has 0 bridgehead atoms. The molecule has 3 aromatic rings. The summed E-state index contributed by atoms with van der Waals surface area (Å²) in [5.74, 6) is -1.69. The molecule has 3 rings (SSSR count). The topological polar surface area (TPSA) is 102 Å².